The zero-order valence-corrected chi connectivity index (χ0v) is 18.0. The number of carbonyl (C=O) groups is 2. The molecule has 31 heavy (non-hydrogen) atoms. The van der Waals surface area contributed by atoms with Crippen molar-refractivity contribution in [3.8, 4) is 11.3 Å². The van der Waals surface area contributed by atoms with Gasteiger partial charge < -0.3 is 15.5 Å². The van der Waals surface area contributed by atoms with Crippen LogP contribution in [0.2, 0.25) is 0 Å². The Morgan fingerprint density at radius 3 is 2.55 bits per heavy atom. The smallest absolute Gasteiger partial charge is 0.272 e. The Morgan fingerprint density at radius 1 is 1.13 bits per heavy atom. The standard InChI is InChI=1S/C23H28N6O2/c1-14(30)29-16-10-23(2)19(8-3-4-9-20(23)29)28(13-16)21(31)18-7-5-6-17(27-18)15-11-25-22(24)26-12-15/h5-7,11-12,16,19-20H,3-4,8-10,13H2,1-2H3,(H2,24,25,26)/t16-,19+,20-,23+/m0/s1. The largest absolute Gasteiger partial charge is 0.368 e. The first-order valence-corrected chi connectivity index (χ1v) is 11.0. The Balaban J connectivity index is 1.49. The van der Waals surface area contributed by atoms with Crippen LogP contribution in [0.5, 0.6) is 0 Å². The van der Waals surface area contributed by atoms with Gasteiger partial charge in [0.15, 0.2) is 0 Å². The van der Waals surface area contributed by atoms with Crippen LogP contribution >= 0.6 is 0 Å². The average molecular weight is 421 g/mol. The molecule has 162 valence electrons. The summed E-state index contributed by atoms with van der Waals surface area (Å²) in [5, 5.41) is 0. The van der Waals surface area contributed by atoms with Crippen LogP contribution in [-0.4, -0.2) is 61.2 Å². The van der Waals surface area contributed by atoms with Crippen LogP contribution in [0.1, 0.15) is 56.4 Å². The van der Waals surface area contributed by atoms with Gasteiger partial charge >= 0.3 is 0 Å². The number of anilines is 1. The van der Waals surface area contributed by atoms with E-state index < -0.39 is 0 Å². The number of amides is 2. The van der Waals surface area contributed by atoms with Gasteiger partial charge in [-0.25, -0.2) is 15.0 Å². The number of nitrogens with zero attached hydrogens (tertiary/aromatic N) is 5. The van der Waals surface area contributed by atoms with Gasteiger partial charge in [-0.1, -0.05) is 25.8 Å². The van der Waals surface area contributed by atoms with Crippen molar-refractivity contribution >= 4 is 17.8 Å². The summed E-state index contributed by atoms with van der Waals surface area (Å²) in [6.07, 6.45) is 8.37. The lowest BCUT2D eigenvalue weighted by atomic mass is 9.71. The molecule has 2 aliphatic heterocycles. The number of hydrogen-bond donors (Lipinski definition) is 1. The van der Waals surface area contributed by atoms with Crippen LogP contribution in [0, 0.1) is 5.41 Å². The third-order valence-electron chi connectivity index (χ3n) is 7.48. The van der Waals surface area contributed by atoms with Crippen molar-refractivity contribution in [2.75, 3.05) is 12.3 Å². The Labute approximate surface area is 181 Å². The molecule has 2 N–H and O–H groups in total. The first kappa shape index (κ1) is 19.9. The van der Waals surface area contributed by atoms with Crippen LogP contribution in [0.4, 0.5) is 5.95 Å². The van der Waals surface area contributed by atoms with Crippen molar-refractivity contribution in [1.29, 1.82) is 0 Å². The van der Waals surface area contributed by atoms with E-state index in [-0.39, 0.29) is 41.3 Å². The lowest BCUT2D eigenvalue weighted by molar-refractivity contribution is -0.132. The molecule has 2 saturated heterocycles. The minimum absolute atomic E-state index is 0.0646. The molecule has 2 aromatic rings. The van der Waals surface area contributed by atoms with Gasteiger partial charge in [0.1, 0.15) is 5.69 Å². The van der Waals surface area contributed by atoms with Crippen LogP contribution in [0.15, 0.2) is 30.6 Å². The molecule has 4 heterocycles. The molecule has 5 rings (SSSR count). The highest BCUT2D eigenvalue weighted by Gasteiger charge is 2.60. The molecule has 0 unspecified atom stereocenters. The molecule has 8 nitrogen and oxygen atoms in total. The molecule has 0 radical (unpaired) electrons. The summed E-state index contributed by atoms with van der Waals surface area (Å²) in [5.74, 6) is 0.258. The topological polar surface area (TPSA) is 105 Å². The van der Waals surface area contributed by atoms with Crippen LogP contribution < -0.4 is 5.73 Å². The summed E-state index contributed by atoms with van der Waals surface area (Å²) < 4.78 is 0. The summed E-state index contributed by atoms with van der Waals surface area (Å²) in [6, 6.07) is 5.86. The number of hydrogen-bond acceptors (Lipinski definition) is 6. The molecular weight excluding hydrogens is 392 g/mol. The Bertz CT molecular complexity index is 1020. The molecule has 1 aliphatic carbocycles. The van der Waals surface area contributed by atoms with Gasteiger partial charge in [-0.2, -0.15) is 0 Å². The molecule has 8 heteroatoms. The van der Waals surface area contributed by atoms with Crippen molar-refractivity contribution in [2.24, 2.45) is 5.41 Å². The fourth-order valence-corrected chi connectivity index (χ4v) is 6.20. The van der Waals surface area contributed by atoms with Crippen molar-refractivity contribution in [3.05, 3.63) is 36.3 Å². The highest BCUT2D eigenvalue weighted by molar-refractivity contribution is 5.93. The van der Waals surface area contributed by atoms with Gasteiger partial charge in [0, 0.05) is 48.9 Å². The van der Waals surface area contributed by atoms with E-state index in [0.29, 0.717) is 23.5 Å². The van der Waals surface area contributed by atoms with E-state index in [1.54, 1.807) is 25.4 Å². The van der Waals surface area contributed by atoms with Gasteiger partial charge in [0.2, 0.25) is 11.9 Å². The Morgan fingerprint density at radius 2 is 1.84 bits per heavy atom. The highest BCUT2D eigenvalue weighted by atomic mass is 16.2. The van der Waals surface area contributed by atoms with Gasteiger partial charge in [-0.05, 0) is 31.4 Å². The number of carbonyl (C=O) groups excluding carboxylic acids is 2. The quantitative estimate of drug-likeness (QED) is 0.800. The van der Waals surface area contributed by atoms with Crippen molar-refractivity contribution < 1.29 is 9.59 Å². The molecule has 1 saturated carbocycles. The number of aromatic nitrogens is 3. The number of nitrogen functional groups attached to an aromatic ring is 1. The molecular formula is C23H28N6O2. The molecule has 2 amide bonds. The maximum Gasteiger partial charge on any atom is 0.272 e. The van der Waals surface area contributed by atoms with Crippen molar-refractivity contribution in [3.63, 3.8) is 0 Å². The second kappa shape index (κ2) is 7.28. The second-order valence-corrected chi connectivity index (χ2v) is 9.30. The van der Waals surface area contributed by atoms with E-state index in [4.69, 9.17) is 5.73 Å². The Kier molecular flexibility index (Phi) is 4.68. The normalized spacial score (nSPS) is 29.5. The molecule has 0 spiro atoms. The first-order valence-electron chi connectivity index (χ1n) is 11.0. The monoisotopic (exact) mass is 420 g/mol. The number of pyridine rings is 1. The zero-order valence-electron chi connectivity index (χ0n) is 18.0. The number of nitrogens with two attached hydrogens (primary N) is 1. The predicted molar refractivity (Wildman–Crippen MR) is 116 cm³/mol. The Hall–Kier alpha value is -3.03. The van der Waals surface area contributed by atoms with Crippen LogP contribution in [-0.2, 0) is 4.79 Å². The van der Waals surface area contributed by atoms with E-state index in [1.165, 1.54) is 0 Å². The number of fused-ring (bicyclic) bond motifs is 1. The van der Waals surface area contributed by atoms with E-state index in [2.05, 4.69) is 26.8 Å². The van der Waals surface area contributed by atoms with Crippen LogP contribution in [0.3, 0.4) is 0 Å². The molecule has 0 aromatic carbocycles. The maximum atomic E-state index is 13.7. The fourth-order valence-electron chi connectivity index (χ4n) is 6.20. The summed E-state index contributed by atoms with van der Waals surface area (Å²) in [6.45, 7) is 4.51. The predicted octanol–water partition coefficient (Wildman–Crippen LogP) is 2.51. The third kappa shape index (κ3) is 3.16. The summed E-state index contributed by atoms with van der Waals surface area (Å²) in [4.78, 5) is 43.0. The third-order valence-corrected chi connectivity index (χ3v) is 7.48. The second-order valence-electron chi connectivity index (χ2n) is 9.30. The van der Waals surface area contributed by atoms with E-state index in [0.717, 1.165) is 32.1 Å². The number of likely N-dealkylation sites (tertiary alicyclic amines) is 2. The van der Waals surface area contributed by atoms with Gasteiger partial charge in [0.05, 0.1) is 11.7 Å². The minimum Gasteiger partial charge on any atom is -0.368 e. The molecule has 2 bridgehead atoms. The fraction of sp³-hybridized carbons (Fsp3) is 0.522. The van der Waals surface area contributed by atoms with E-state index in [9.17, 15) is 9.59 Å². The first-order chi connectivity index (χ1) is 14.9. The van der Waals surface area contributed by atoms with Crippen LogP contribution in [0.25, 0.3) is 11.3 Å². The molecule has 2 aromatic heterocycles. The lowest BCUT2D eigenvalue weighted by Gasteiger charge is -2.46. The van der Waals surface area contributed by atoms with Gasteiger partial charge in [0.25, 0.3) is 5.91 Å². The highest BCUT2D eigenvalue weighted by Crippen LogP contribution is 2.53. The van der Waals surface area contributed by atoms with Crippen molar-refractivity contribution in [2.45, 2.75) is 64.1 Å². The van der Waals surface area contributed by atoms with Gasteiger partial charge in [-0.3, -0.25) is 9.59 Å². The van der Waals surface area contributed by atoms with Gasteiger partial charge in [-0.15, -0.1) is 0 Å². The van der Waals surface area contributed by atoms with E-state index in [1.807, 2.05) is 17.0 Å². The molecule has 3 aliphatic rings. The summed E-state index contributed by atoms with van der Waals surface area (Å²) in [7, 11) is 0. The summed E-state index contributed by atoms with van der Waals surface area (Å²) in [5.41, 5.74) is 7.29. The summed E-state index contributed by atoms with van der Waals surface area (Å²) >= 11 is 0. The number of rotatable bonds is 2. The average Bonchev–Trinajstić information content (AvgIpc) is 2.87. The van der Waals surface area contributed by atoms with E-state index >= 15 is 0 Å². The molecule has 3 fully saturated rings. The lowest BCUT2D eigenvalue weighted by Crippen LogP contribution is -2.55. The SMILES string of the molecule is CC(=O)N1[C@@H]2CN(C(=O)c3cccc(-c4cnc(N)nc4)n3)[C@@H]3CCCC[C@H]1[C@]3(C)C2. The maximum absolute atomic E-state index is 13.7. The van der Waals surface area contributed by atoms with Crippen molar-refractivity contribution in [1.82, 2.24) is 24.8 Å². The number of piperidine rings is 1. The zero-order chi connectivity index (χ0) is 21.8. The minimum atomic E-state index is -0.0663. The molecule has 4 atom stereocenters.